The predicted molar refractivity (Wildman–Crippen MR) is 126 cm³/mol. The maximum absolute atomic E-state index is 9.34. The molecule has 156 valence electrons. The third-order valence-electron chi connectivity index (χ3n) is 6.66. The van der Waals surface area contributed by atoms with Crippen molar-refractivity contribution in [3.8, 4) is 0 Å². The molecule has 5 nitrogen and oxygen atoms in total. The van der Waals surface area contributed by atoms with Crippen LogP contribution < -0.4 is 5.73 Å². The summed E-state index contributed by atoms with van der Waals surface area (Å²) in [7, 11) is 0. The van der Waals surface area contributed by atoms with E-state index in [0.717, 1.165) is 48.5 Å². The monoisotopic (exact) mass is 410 g/mol. The molecule has 2 aliphatic rings. The van der Waals surface area contributed by atoms with E-state index in [1.165, 1.54) is 39.4 Å². The van der Waals surface area contributed by atoms with Crippen LogP contribution >= 0.6 is 0 Å². The molecule has 0 bridgehead atoms. The van der Waals surface area contributed by atoms with Crippen LogP contribution in [-0.4, -0.2) is 33.1 Å². The standard InChI is InChI=1S/C26H26N4O/c27-22-14-28-25(21-16-30-11-4-7-17-6-3-9-19(21)26(17)30)24(22)20-15-29(12-5-13-31)23-10-2-1-8-18(20)23/h1-3,6,8-10,15-16,31H,4-5,7,11-14,27H2. The first kappa shape index (κ1) is 18.5. The normalized spacial score (nSPS) is 16.0. The molecular weight excluding hydrogens is 384 g/mol. The summed E-state index contributed by atoms with van der Waals surface area (Å²) in [6.45, 7) is 2.55. The Morgan fingerprint density at radius 3 is 2.77 bits per heavy atom. The summed E-state index contributed by atoms with van der Waals surface area (Å²) in [5.41, 5.74) is 15.7. The van der Waals surface area contributed by atoms with Crippen molar-refractivity contribution in [2.45, 2.75) is 32.4 Å². The minimum atomic E-state index is 0.182. The third-order valence-corrected chi connectivity index (χ3v) is 6.66. The summed E-state index contributed by atoms with van der Waals surface area (Å²) in [5.74, 6) is 0. The number of nitrogens with zero attached hydrogens (tertiary/aromatic N) is 3. The van der Waals surface area contributed by atoms with Crippen LogP contribution in [0.15, 0.2) is 65.5 Å². The van der Waals surface area contributed by atoms with Crippen LogP contribution in [0, 0.1) is 0 Å². The highest BCUT2D eigenvalue weighted by Crippen LogP contribution is 2.37. The number of rotatable bonds is 5. The third kappa shape index (κ3) is 2.77. The molecule has 0 spiro atoms. The van der Waals surface area contributed by atoms with Crippen molar-refractivity contribution < 1.29 is 5.11 Å². The van der Waals surface area contributed by atoms with E-state index in [9.17, 15) is 5.11 Å². The SMILES string of the molecule is NC1=C(c2cn(CCCO)c3ccccc23)C(c2cn3c4c(cccc24)CCC3)=NC1. The highest BCUT2D eigenvalue weighted by Gasteiger charge is 2.27. The molecule has 2 aliphatic heterocycles. The van der Waals surface area contributed by atoms with E-state index >= 15 is 0 Å². The number of allylic oxidation sites excluding steroid dienone is 1. The highest BCUT2D eigenvalue weighted by atomic mass is 16.3. The van der Waals surface area contributed by atoms with E-state index in [1.807, 2.05) is 0 Å². The Morgan fingerprint density at radius 2 is 1.87 bits per heavy atom. The molecule has 6 rings (SSSR count). The number of hydrogen-bond acceptors (Lipinski definition) is 3. The van der Waals surface area contributed by atoms with Crippen molar-refractivity contribution in [1.82, 2.24) is 9.13 Å². The fourth-order valence-corrected chi connectivity index (χ4v) is 5.31. The Morgan fingerprint density at radius 1 is 1.00 bits per heavy atom. The van der Waals surface area contributed by atoms with Crippen LogP contribution in [0.4, 0.5) is 0 Å². The number of aryl methyl sites for hydroxylation is 3. The van der Waals surface area contributed by atoms with Gasteiger partial charge in [-0.3, -0.25) is 4.99 Å². The number of aliphatic hydroxyl groups excluding tert-OH is 1. The molecule has 4 aromatic rings. The average Bonchev–Trinajstić information content (AvgIpc) is 3.47. The second-order valence-corrected chi connectivity index (χ2v) is 8.55. The van der Waals surface area contributed by atoms with E-state index < -0.39 is 0 Å². The highest BCUT2D eigenvalue weighted by molar-refractivity contribution is 6.38. The fourth-order valence-electron chi connectivity index (χ4n) is 5.31. The molecule has 5 heteroatoms. The zero-order valence-corrected chi connectivity index (χ0v) is 17.5. The van der Waals surface area contributed by atoms with Crippen LogP contribution in [0.3, 0.4) is 0 Å². The molecule has 0 atom stereocenters. The number of para-hydroxylation sites is 2. The zero-order valence-electron chi connectivity index (χ0n) is 17.5. The Balaban J connectivity index is 1.54. The summed E-state index contributed by atoms with van der Waals surface area (Å²) < 4.78 is 4.62. The summed E-state index contributed by atoms with van der Waals surface area (Å²) in [6, 6.07) is 15.1. The molecule has 2 aromatic heterocycles. The van der Waals surface area contributed by atoms with Crippen LogP contribution in [0.2, 0.25) is 0 Å². The number of aliphatic imine (C=N–C) groups is 1. The van der Waals surface area contributed by atoms with E-state index in [-0.39, 0.29) is 6.61 Å². The lowest BCUT2D eigenvalue weighted by Crippen LogP contribution is -2.06. The van der Waals surface area contributed by atoms with Crippen molar-refractivity contribution in [3.63, 3.8) is 0 Å². The second kappa shape index (κ2) is 7.13. The zero-order chi connectivity index (χ0) is 20.9. The summed E-state index contributed by atoms with van der Waals surface area (Å²) >= 11 is 0. The van der Waals surface area contributed by atoms with Crippen molar-refractivity contribution in [1.29, 1.82) is 0 Å². The molecule has 4 heterocycles. The van der Waals surface area contributed by atoms with Gasteiger partial charge in [-0.25, -0.2) is 0 Å². The lowest BCUT2D eigenvalue weighted by Gasteiger charge is -2.14. The first-order valence-corrected chi connectivity index (χ1v) is 11.1. The molecule has 0 amide bonds. The van der Waals surface area contributed by atoms with E-state index in [2.05, 4.69) is 64.0 Å². The maximum Gasteiger partial charge on any atom is 0.0799 e. The Labute approximate surface area is 181 Å². The largest absolute Gasteiger partial charge is 0.400 e. The first-order chi connectivity index (χ1) is 15.3. The molecule has 0 saturated carbocycles. The van der Waals surface area contributed by atoms with Gasteiger partial charge in [-0.2, -0.15) is 0 Å². The van der Waals surface area contributed by atoms with Crippen molar-refractivity contribution in [3.05, 3.63) is 77.2 Å². The molecule has 0 radical (unpaired) electrons. The van der Waals surface area contributed by atoms with E-state index in [1.54, 1.807) is 0 Å². The Bertz CT molecular complexity index is 1390. The van der Waals surface area contributed by atoms with E-state index in [4.69, 9.17) is 10.7 Å². The number of nitrogens with two attached hydrogens (primary N) is 1. The summed E-state index contributed by atoms with van der Waals surface area (Å²) in [6.07, 6.45) is 7.50. The molecule has 31 heavy (non-hydrogen) atoms. The van der Waals surface area contributed by atoms with Crippen LogP contribution in [0.25, 0.3) is 27.4 Å². The molecule has 0 saturated heterocycles. The van der Waals surface area contributed by atoms with Gasteiger partial charge in [0.15, 0.2) is 0 Å². The van der Waals surface area contributed by atoms with E-state index in [0.29, 0.717) is 6.54 Å². The van der Waals surface area contributed by atoms with Crippen molar-refractivity contribution in [2.75, 3.05) is 13.2 Å². The Kier molecular flexibility index (Phi) is 4.25. The number of hydrogen-bond donors (Lipinski definition) is 2. The van der Waals surface area contributed by atoms with Gasteiger partial charge >= 0.3 is 0 Å². The van der Waals surface area contributed by atoms with Gasteiger partial charge in [-0.05, 0) is 30.9 Å². The number of benzene rings is 2. The Hall–Kier alpha value is -3.31. The van der Waals surface area contributed by atoms with Crippen LogP contribution in [0.1, 0.15) is 29.5 Å². The van der Waals surface area contributed by atoms with Gasteiger partial charge in [-0.15, -0.1) is 0 Å². The maximum atomic E-state index is 9.34. The van der Waals surface area contributed by atoms with Crippen LogP contribution in [0.5, 0.6) is 0 Å². The second-order valence-electron chi connectivity index (χ2n) is 8.55. The number of aliphatic hydroxyl groups is 1. The predicted octanol–water partition coefficient (Wildman–Crippen LogP) is 4.10. The first-order valence-electron chi connectivity index (χ1n) is 11.1. The number of aromatic nitrogens is 2. The van der Waals surface area contributed by atoms with Gasteiger partial charge in [-0.1, -0.05) is 36.4 Å². The quantitative estimate of drug-likeness (QED) is 0.520. The summed E-state index contributed by atoms with van der Waals surface area (Å²) in [5, 5.41) is 11.8. The molecular formula is C26H26N4O. The van der Waals surface area contributed by atoms with Crippen molar-refractivity contribution in [2.24, 2.45) is 10.7 Å². The fraction of sp³-hybridized carbons (Fsp3) is 0.269. The molecule has 0 unspecified atom stereocenters. The minimum Gasteiger partial charge on any atom is -0.400 e. The lowest BCUT2D eigenvalue weighted by molar-refractivity contribution is 0.280. The van der Waals surface area contributed by atoms with Gasteiger partial charge in [0.25, 0.3) is 0 Å². The van der Waals surface area contributed by atoms with Crippen molar-refractivity contribution >= 4 is 33.1 Å². The molecule has 0 fully saturated rings. The van der Waals surface area contributed by atoms with Gasteiger partial charge < -0.3 is 20.0 Å². The topological polar surface area (TPSA) is 68.5 Å². The average molecular weight is 411 g/mol. The molecule has 0 aliphatic carbocycles. The van der Waals surface area contributed by atoms with Gasteiger partial charge in [0.2, 0.25) is 0 Å². The number of fused-ring (bicyclic) bond motifs is 1. The van der Waals surface area contributed by atoms with Gasteiger partial charge in [0.1, 0.15) is 0 Å². The van der Waals surface area contributed by atoms with Crippen LogP contribution in [-0.2, 0) is 19.5 Å². The molecule has 2 aromatic carbocycles. The van der Waals surface area contributed by atoms with Gasteiger partial charge in [0, 0.05) is 70.8 Å². The summed E-state index contributed by atoms with van der Waals surface area (Å²) in [4.78, 5) is 4.93. The minimum absolute atomic E-state index is 0.182. The lowest BCUT2D eigenvalue weighted by atomic mass is 9.94. The molecule has 3 N–H and O–H groups in total. The smallest absolute Gasteiger partial charge is 0.0799 e. The van der Waals surface area contributed by atoms with Gasteiger partial charge in [0.05, 0.1) is 17.8 Å².